The van der Waals surface area contributed by atoms with Crippen LogP contribution in [0.1, 0.15) is 5.56 Å². The molecule has 2 nitrogen and oxygen atoms in total. The first-order valence-electron chi connectivity index (χ1n) is 5.61. The number of hydrogen-bond acceptors (Lipinski definition) is 2. The third-order valence-corrected chi connectivity index (χ3v) is 4.24. The largest absolute Gasteiger partial charge is 0.354 e. The Morgan fingerprint density at radius 3 is 3.06 bits per heavy atom. The number of benzene rings is 1. The molecule has 4 rings (SSSR count). The van der Waals surface area contributed by atoms with Crippen LogP contribution in [0.4, 0.5) is 0 Å². The van der Waals surface area contributed by atoms with E-state index in [9.17, 15) is 0 Å². The average molecular weight is 238 g/mol. The molecule has 2 aromatic heterocycles. The van der Waals surface area contributed by atoms with Crippen LogP contribution >= 0.6 is 11.8 Å². The molecule has 3 aromatic rings. The molecular weight excluding hydrogens is 228 g/mol. The third kappa shape index (κ3) is 1.26. The van der Waals surface area contributed by atoms with Crippen LogP contribution in [-0.4, -0.2) is 9.97 Å². The van der Waals surface area contributed by atoms with E-state index in [4.69, 9.17) is 0 Å². The maximum absolute atomic E-state index is 4.43. The topological polar surface area (TPSA) is 28.7 Å². The van der Waals surface area contributed by atoms with Crippen molar-refractivity contribution in [1.82, 2.24) is 9.97 Å². The highest BCUT2D eigenvalue weighted by molar-refractivity contribution is 7.98. The molecular formula is C14H10N2S. The van der Waals surface area contributed by atoms with E-state index in [0.29, 0.717) is 0 Å². The highest BCUT2D eigenvalue weighted by Crippen LogP contribution is 2.42. The summed E-state index contributed by atoms with van der Waals surface area (Å²) in [6.07, 6.45) is 1.86. The minimum absolute atomic E-state index is 1.00. The highest BCUT2D eigenvalue weighted by atomic mass is 32.2. The van der Waals surface area contributed by atoms with Gasteiger partial charge in [-0.25, -0.2) is 4.98 Å². The molecule has 17 heavy (non-hydrogen) atoms. The minimum atomic E-state index is 1.00. The summed E-state index contributed by atoms with van der Waals surface area (Å²) < 4.78 is 0. The van der Waals surface area contributed by atoms with Crippen molar-refractivity contribution < 1.29 is 0 Å². The van der Waals surface area contributed by atoms with Gasteiger partial charge >= 0.3 is 0 Å². The van der Waals surface area contributed by atoms with E-state index in [0.717, 1.165) is 10.8 Å². The molecule has 0 radical (unpaired) electrons. The summed E-state index contributed by atoms with van der Waals surface area (Å²) in [6.45, 7) is 0. The molecule has 0 saturated carbocycles. The average Bonchev–Trinajstić information content (AvgIpc) is 2.78. The van der Waals surface area contributed by atoms with Gasteiger partial charge < -0.3 is 4.98 Å². The quantitative estimate of drug-likeness (QED) is 0.644. The molecule has 1 aliphatic rings. The second-order valence-corrected chi connectivity index (χ2v) is 5.13. The lowest BCUT2D eigenvalue weighted by Crippen LogP contribution is -1.95. The van der Waals surface area contributed by atoms with Crippen molar-refractivity contribution in [3.8, 4) is 11.3 Å². The smallest absolute Gasteiger partial charge is 0.106 e. The molecule has 0 spiro atoms. The second-order valence-electron chi connectivity index (χ2n) is 4.17. The van der Waals surface area contributed by atoms with E-state index >= 15 is 0 Å². The number of thioether (sulfide) groups is 1. The van der Waals surface area contributed by atoms with E-state index in [1.165, 1.54) is 27.7 Å². The van der Waals surface area contributed by atoms with Gasteiger partial charge in [-0.15, -0.1) is 11.8 Å². The van der Waals surface area contributed by atoms with Gasteiger partial charge in [0.1, 0.15) is 5.03 Å². The first-order valence-corrected chi connectivity index (χ1v) is 6.60. The van der Waals surface area contributed by atoms with Gasteiger partial charge in [0.15, 0.2) is 0 Å². The molecule has 82 valence electrons. The van der Waals surface area contributed by atoms with E-state index in [2.05, 4.69) is 40.3 Å². The predicted octanol–water partition coefficient (Wildman–Crippen LogP) is 3.84. The second kappa shape index (κ2) is 3.37. The van der Waals surface area contributed by atoms with Gasteiger partial charge in [-0.1, -0.05) is 18.2 Å². The molecule has 0 fully saturated rings. The number of nitrogens with zero attached hydrogens (tertiary/aromatic N) is 1. The number of nitrogens with one attached hydrogen (secondary N) is 1. The maximum Gasteiger partial charge on any atom is 0.106 e. The van der Waals surface area contributed by atoms with Gasteiger partial charge in [0.05, 0.1) is 5.69 Å². The van der Waals surface area contributed by atoms with Gasteiger partial charge in [-0.2, -0.15) is 0 Å². The fourth-order valence-electron chi connectivity index (χ4n) is 2.42. The molecule has 1 aromatic carbocycles. The third-order valence-electron chi connectivity index (χ3n) is 3.21. The lowest BCUT2D eigenvalue weighted by molar-refractivity contribution is 1.11. The number of aromatic nitrogens is 2. The van der Waals surface area contributed by atoms with Crippen molar-refractivity contribution in [3.63, 3.8) is 0 Å². The summed E-state index contributed by atoms with van der Waals surface area (Å²) >= 11 is 1.82. The summed E-state index contributed by atoms with van der Waals surface area (Å²) in [5.41, 5.74) is 5.10. The molecule has 3 heterocycles. The van der Waals surface area contributed by atoms with Crippen LogP contribution in [0.2, 0.25) is 0 Å². The number of H-pyrrole nitrogens is 1. The Morgan fingerprint density at radius 2 is 2.06 bits per heavy atom. The Morgan fingerprint density at radius 1 is 1.12 bits per heavy atom. The lowest BCUT2D eigenvalue weighted by Gasteiger charge is -2.14. The van der Waals surface area contributed by atoms with Crippen LogP contribution < -0.4 is 0 Å². The zero-order valence-corrected chi connectivity index (χ0v) is 9.92. The summed E-state index contributed by atoms with van der Waals surface area (Å²) in [5, 5.41) is 2.47. The Balaban J connectivity index is 2.10. The molecule has 0 bridgehead atoms. The summed E-state index contributed by atoms with van der Waals surface area (Å²) in [6, 6.07) is 12.6. The molecule has 0 amide bonds. The van der Waals surface area contributed by atoms with Crippen molar-refractivity contribution >= 4 is 22.7 Å². The lowest BCUT2D eigenvalue weighted by atomic mass is 10.1. The molecule has 0 atom stereocenters. The van der Waals surface area contributed by atoms with E-state index < -0.39 is 0 Å². The number of hydrogen-bond donors (Lipinski definition) is 1. The first-order chi connectivity index (χ1) is 8.43. The van der Waals surface area contributed by atoms with Gasteiger partial charge in [-0.3, -0.25) is 0 Å². The molecule has 0 aliphatic carbocycles. The van der Waals surface area contributed by atoms with Crippen LogP contribution in [0.3, 0.4) is 0 Å². The monoisotopic (exact) mass is 238 g/mol. The fraction of sp³-hybridized carbons (Fsp3) is 0.0714. The van der Waals surface area contributed by atoms with Gasteiger partial charge in [0, 0.05) is 28.4 Å². The highest BCUT2D eigenvalue weighted by Gasteiger charge is 2.21. The Kier molecular flexibility index (Phi) is 1.85. The number of aromatic amines is 1. The van der Waals surface area contributed by atoms with E-state index in [1.807, 2.05) is 24.0 Å². The normalized spacial score (nSPS) is 13.4. The first kappa shape index (κ1) is 9.31. The SMILES string of the molecule is c1cnc2c(c1)-c1[nH]c3ccccc3c1CS2. The van der Waals surface area contributed by atoms with Gasteiger partial charge in [-0.05, 0) is 23.8 Å². The summed E-state index contributed by atoms with van der Waals surface area (Å²) in [4.78, 5) is 7.95. The Labute approximate surface area is 103 Å². The van der Waals surface area contributed by atoms with Crippen LogP contribution in [0, 0.1) is 0 Å². The standard InChI is InChI=1S/C14H10N2S/c1-2-6-12-9(4-1)11-8-17-14-10(13(11)16-12)5-3-7-15-14/h1-7,16H,8H2. The fourth-order valence-corrected chi connectivity index (χ4v) is 3.46. The van der Waals surface area contributed by atoms with Crippen molar-refractivity contribution in [2.45, 2.75) is 10.8 Å². The zero-order valence-electron chi connectivity index (χ0n) is 9.10. The van der Waals surface area contributed by atoms with Crippen LogP contribution in [0.25, 0.3) is 22.2 Å². The molecule has 0 saturated heterocycles. The zero-order chi connectivity index (χ0) is 11.2. The van der Waals surface area contributed by atoms with Gasteiger partial charge in [0.2, 0.25) is 0 Å². The van der Waals surface area contributed by atoms with E-state index in [1.54, 1.807) is 0 Å². The van der Waals surface area contributed by atoms with Crippen molar-refractivity contribution in [1.29, 1.82) is 0 Å². The maximum atomic E-state index is 4.43. The number of rotatable bonds is 0. The number of fused-ring (bicyclic) bond motifs is 5. The van der Waals surface area contributed by atoms with Gasteiger partial charge in [0.25, 0.3) is 0 Å². The number of pyridine rings is 1. The Hall–Kier alpha value is -1.74. The van der Waals surface area contributed by atoms with Crippen molar-refractivity contribution in [2.75, 3.05) is 0 Å². The molecule has 1 aliphatic heterocycles. The van der Waals surface area contributed by atoms with Crippen LogP contribution in [0.5, 0.6) is 0 Å². The molecule has 0 unspecified atom stereocenters. The molecule has 3 heteroatoms. The Bertz CT molecular complexity index is 715. The van der Waals surface area contributed by atoms with Crippen molar-refractivity contribution in [2.24, 2.45) is 0 Å². The van der Waals surface area contributed by atoms with E-state index in [-0.39, 0.29) is 0 Å². The van der Waals surface area contributed by atoms with Crippen molar-refractivity contribution in [3.05, 3.63) is 48.2 Å². The van der Waals surface area contributed by atoms with Crippen LogP contribution in [0.15, 0.2) is 47.6 Å². The number of para-hydroxylation sites is 1. The molecule has 1 N–H and O–H groups in total. The minimum Gasteiger partial charge on any atom is -0.354 e. The predicted molar refractivity (Wildman–Crippen MR) is 71.1 cm³/mol. The summed E-state index contributed by atoms with van der Waals surface area (Å²) in [5.74, 6) is 1.00. The summed E-state index contributed by atoms with van der Waals surface area (Å²) in [7, 11) is 0. The van der Waals surface area contributed by atoms with Crippen LogP contribution in [-0.2, 0) is 5.75 Å².